The second-order valence-corrected chi connectivity index (χ2v) is 7.17. The van der Waals surface area contributed by atoms with Crippen LogP contribution in [-0.2, 0) is 24.8 Å². The molecule has 24 heavy (non-hydrogen) atoms. The van der Waals surface area contributed by atoms with E-state index in [1.807, 2.05) is 17.9 Å². The minimum absolute atomic E-state index is 0.266. The van der Waals surface area contributed by atoms with Gasteiger partial charge in [-0.25, -0.2) is 0 Å². The normalized spacial score (nSPS) is 21.0. The van der Waals surface area contributed by atoms with E-state index < -0.39 is 0 Å². The van der Waals surface area contributed by atoms with E-state index >= 15 is 0 Å². The molecule has 1 unspecified atom stereocenters. The van der Waals surface area contributed by atoms with Gasteiger partial charge in [0.15, 0.2) is 0 Å². The van der Waals surface area contributed by atoms with Gasteiger partial charge in [-0.2, -0.15) is 5.10 Å². The van der Waals surface area contributed by atoms with Gasteiger partial charge >= 0.3 is 0 Å². The second kappa shape index (κ2) is 6.65. The van der Waals surface area contributed by atoms with Gasteiger partial charge in [0.2, 0.25) is 0 Å². The van der Waals surface area contributed by atoms with Crippen molar-refractivity contribution in [3.63, 3.8) is 0 Å². The Labute approximate surface area is 143 Å². The van der Waals surface area contributed by atoms with E-state index in [9.17, 15) is 0 Å². The first-order valence-corrected chi connectivity index (χ1v) is 8.96. The Morgan fingerprint density at radius 2 is 2.12 bits per heavy atom. The lowest BCUT2D eigenvalue weighted by atomic mass is 10.00. The van der Waals surface area contributed by atoms with Gasteiger partial charge in [-0.15, -0.1) is 0 Å². The first-order chi connectivity index (χ1) is 11.7. The van der Waals surface area contributed by atoms with Crippen molar-refractivity contribution < 1.29 is 4.74 Å². The number of hydrogen-bond donors (Lipinski definition) is 0. The predicted molar refractivity (Wildman–Crippen MR) is 92.6 cm³/mol. The monoisotopic (exact) mass is 326 g/mol. The maximum absolute atomic E-state index is 6.07. The highest BCUT2D eigenvalue weighted by Crippen LogP contribution is 2.33. The van der Waals surface area contributed by atoms with E-state index in [0.717, 1.165) is 50.0 Å². The predicted octanol–water partition coefficient (Wildman–Crippen LogP) is 2.65. The van der Waals surface area contributed by atoms with Crippen molar-refractivity contribution in [3.8, 4) is 0 Å². The minimum atomic E-state index is 0.266. The molecule has 2 aliphatic rings. The number of aromatic nitrogens is 3. The highest BCUT2D eigenvalue weighted by atomic mass is 16.5. The van der Waals surface area contributed by atoms with Crippen LogP contribution in [0.2, 0.25) is 0 Å². The Bertz CT molecular complexity index is 707. The van der Waals surface area contributed by atoms with Crippen LogP contribution in [0.3, 0.4) is 0 Å². The molecule has 5 heteroatoms. The van der Waals surface area contributed by atoms with Gasteiger partial charge in [0.1, 0.15) is 0 Å². The van der Waals surface area contributed by atoms with E-state index in [0.29, 0.717) is 0 Å². The molecule has 4 rings (SSSR count). The van der Waals surface area contributed by atoms with Crippen LogP contribution in [0, 0.1) is 12.8 Å². The molecular formula is C19H26N4O. The van der Waals surface area contributed by atoms with Gasteiger partial charge in [-0.1, -0.05) is 6.07 Å². The van der Waals surface area contributed by atoms with Crippen LogP contribution in [0.25, 0.3) is 0 Å². The summed E-state index contributed by atoms with van der Waals surface area (Å²) < 4.78 is 8.09. The molecule has 0 radical (unpaired) electrons. The zero-order valence-corrected chi connectivity index (χ0v) is 14.6. The van der Waals surface area contributed by atoms with Crippen molar-refractivity contribution in [3.05, 3.63) is 47.0 Å². The van der Waals surface area contributed by atoms with Gasteiger partial charge in [0.25, 0.3) is 0 Å². The molecule has 0 amide bonds. The molecule has 1 aliphatic heterocycles. The summed E-state index contributed by atoms with van der Waals surface area (Å²) in [6.45, 7) is 5.60. The summed E-state index contributed by atoms with van der Waals surface area (Å²) in [5, 5.41) is 4.48. The van der Waals surface area contributed by atoms with Crippen LogP contribution in [0.4, 0.5) is 0 Å². The number of fused-ring (bicyclic) bond motifs is 1. The molecule has 5 nitrogen and oxygen atoms in total. The third-order valence-corrected chi connectivity index (χ3v) is 5.13. The molecule has 1 fully saturated rings. The Morgan fingerprint density at radius 3 is 2.92 bits per heavy atom. The highest BCUT2D eigenvalue weighted by Gasteiger charge is 2.31. The van der Waals surface area contributed by atoms with Crippen molar-refractivity contribution in [2.75, 3.05) is 19.8 Å². The van der Waals surface area contributed by atoms with E-state index in [4.69, 9.17) is 4.74 Å². The second-order valence-electron chi connectivity index (χ2n) is 7.17. The molecule has 0 aromatic carbocycles. The van der Waals surface area contributed by atoms with Crippen molar-refractivity contribution in [2.24, 2.45) is 13.0 Å². The quantitative estimate of drug-likeness (QED) is 0.818. The van der Waals surface area contributed by atoms with E-state index in [1.54, 1.807) is 0 Å². The van der Waals surface area contributed by atoms with Gasteiger partial charge in [-0.3, -0.25) is 14.6 Å². The fourth-order valence-corrected chi connectivity index (χ4v) is 3.61. The molecule has 3 heterocycles. The summed E-state index contributed by atoms with van der Waals surface area (Å²) >= 11 is 0. The fraction of sp³-hybridized carbons (Fsp3) is 0.579. The molecule has 0 saturated heterocycles. The van der Waals surface area contributed by atoms with Crippen LogP contribution in [0.1, 0.15) is 41.5 Å². The highest BCUT2D eigenvalue weighted by molar-refractivity contribution is 5.25. The molecule has 1 atom stereocenters. The standard InChI is InChI=1S/C19H26N4O/c1-14-4-3-5-17(21-14)11-23-9-8-16-10-20-22(2)19(16)18(23)13-24-12-15-6-7-15/h3-5,10,15,18H,6-9,11-13H2,1-2H3. The first kappa shape index (κ1) is 15.8. The molecule has 0 spiro atoms. The van der Waals surface area contributed by atoms with Crippen LogP contribution in [-0.4, -0.2) is 39.4 Å². The van der Waals surface area contributed by atoms with E-state index in [2.05, 4.69) is 40.1 Å². The van der Waals surface area contributed by atoms with Crippen molar-refractivity contribution in [1.82, 2.24) is 19.7 Å². The summed E-state index contributed by atoms with van der Waals surface area (Å²) in [6, 6.07) is 6.53. The summed E-state index contributed by atoms with van der Waals surface area (Å²) in [5.74, 6) is 0.798. The molecule has 0 bridgehead atoms. The van der Waals surface area contributed by atoms with E-state index in [-0.39, 0.29) is 6.04 Å². The number of pyridine rings is 1. The number of ether oxygens (including phenoxy) is 1. The number of rotatable bonds is 6. The lowest BCUT2D eigenvalue weighted by Crippen LogP contribution is -2.38. The largest absolute Gasteiger partial charge is 0.379 e. The molecule has 0 N–H and O–H groups in total. The van der Waals surface area contributed by atoms with Crippen molar-refractivity contribution in [2.45, 2.75) is 38.8 Å². The van der Waals surface area contributed by atoms with Crippen LogP contribution in [0.15, 0.2) is 24.4 Å². The van der Waals surface area contributed by atoms with Gasteiger partial charge in [0, 0.05) is 32.4 Å². The average molecular weight is 326 g/mol. The number of hydrogen-bond acceptors (Lipinski definition) is 4. The average Bonchev–Trinajstić information content (AvgIpc) is 3.31. The smallest absolute Gasteiger partial charge is 0.0760 e. The zero-order chi connectivity index (χ0) is 16.5. The number of aryl methyl sites for hydroxylation is 2. The lowest BCUT2D eigenvalue weighted by Gasteiger charge is -2.35. The summed E-state index contributed by atoms with van der Waals surface area (Å²) in [5.41, 5.74) is 4.88. The summed E-state index contributed by atoms with van der Waals surface area (Å²) in [6.07, 6.45) is 5.73. The lowest BCUT2D eigenvalue weighted by molar-refractivity contribution is 0.0407. The maximum Gasteiger partial charge on any atom is 0.0760 e. The maximum atomic E-state index is 6.07. The van der Waals surface area contributed by atoms with Gasteiger partial charge < -0.3 is 4.74 Å². The van der Waals surface area contributed by atoms with Gasteiger partial charge in [0.05, 0.1) is 30.2 Å². The first-order valence-electron chi connectivity index (χ1n) is 8.96. The minimum Gasteiger partial charge on any atom is -0.379 e. The summed E-state index contributed by atoms with van der Waals surface area (Å²) in [4.78, 5) is 7.18. The Hall–Kier alpha value is -1.72. The van der Waals surface area contributed by atoms with Gasteiger partial charge in [-0.05, 0) is 49.8 Å². The summed E-state index contributed by atoms with van der Waals surface area (Å²) in [7, 11) is 2.04. The molecule has 128 valence electrons. The fourth-order valence-electron chi connectivity index (χ4n) is 3.61. The molecule has 1 saturated carbocycles. The van der Waals surface area contributed by atoms with Crippen LogP contribution in [0.5, 0.6) is 0 Å². The zero-order valence-electron chi connectivity index (χ0n) is 14.6. The Morgan fingerprint density at radius 1 is 1.25 bits per heavy atom. The van der Waals surface area contributed by atoms with E-state index in [1.165, 1.54) is 24.1 Å². The third-order valence-electron chi connectivity index (χ3n) is 5.13. The molecule has 2 aromatic rings. The molecular weight excluding hydrogens is 300 g/mol. The molecule has 2 aromatic heterocycles. The van der Waals surface area contributed by atoms with Crippen molar-refractivity contribution in [1.29, 1.82) is 0 Å². The SMILES string of the molecule is Cc1cccc(CN2CCc3cnn(C)c3C2COCC2CC2)n1. The third kappa shape index (κ3) is 3.37. The Balaban J connectivity index is 1.53. The van der Waals surface area contributed by atoms with Crippen LogP contribution >= 0.6 is 0 Å². The molecule has 1 aliphatic carbocycles. The number of nitrogens with zero attached hydrogens (tertiary/aromatic N) is 4. The topological polar surface area (TPSA) is 43.2 Å². The Kier molecular flexibility index (Phi) is 4.37. The van der Waals surface area contributed by atoms with Crippen LogP contribution < -0.4 is 0 Å². The van der Waals surface area contributed by atoms with Crippen molar-refractivity contribution >= 4 is 0 Å².